The molecule has 0 saturated heterocycles. The Balaban J connectivity index is 2.57. The van der Waals surface area contributed by atoms with Gasteiger partial charge in [-0.25, -0.2) is 0 Å². The normalized spacial score (nSPS) is 18.5. The van der Waals surface area contributed by atoms with Crippen LogP contribution in [0.2, 0.25) is 0 Å². The Hall–Kier alpha value is -1.84. The maximum absolute atomic E-state index is 12.0. The van der Waals surface area contributed by atoms with E-state index >= 15 is 0 Å². The summed E-state index contributed by atoms with van der Waals surface area (Å²) in [5.74, 6) is -2.10. The maximum Gasteiger partial charge on any atom is 0.321 e. The number of aliphatic carboxylic acids is 2. The van der Waals surface area contributed by atoms with Gasteiger partial charge >= 0.3 is 11.9 Å². The molecular formula is C21H30O4. The molecule has 0 heterocycles. The summed E-state index contributed by atoms with van der Waals surface area (Å²) in [6.07, 6.45) is 6.58. The van der Waals surface area contributed by atoms with Gasteiger partial charge in [-0.3, -0.25) is 9.59 Å². The molecule has 1 atom stereocenters. The number of benzene rings is 1. The summed E-state index contributed by atoms with van der Waals surface area (Å²) in [6.45, 7) is 3.75. The van der Waals surface area contributed by atoms with Gasteiger partial charge in [-0.15, -0.1) is 0 Å². The summed E-state index contributed by atoms with van der Waals surface area (Å²) in [5.41, 5.74) is -1.05. The van der Waals surface area contributed by atoms with Gasteiger partial charge in [0.1, 0.15) is 0 Å². The molecule has 1 aliphatic carbocycles. The highest BCUT2D eigenvalue weighted by Gasteiger charge is 2.53. The van der Waals surface area contributed by atoms with Crippen molar-refractivity contribution < 1.29 is 19.8 Å². The van der Waals surface area contributed by atoms with Gasteiger partial charge in [0.05, 0.1) is 0 Å². The van der Waals surface area contributed by atoms with Gasteiger partial charge in [0, 0.05) is 0 Å². The number of carboxylic acid groups (broad SMARTS) is 2. The first-order valence-corrected chi connectivity index (χ1v) is 9.45. The summed E-state index contributed by atoms with van der Waals surface area (Å²) in [5, 5.41) is 19.6. The first-order valence-electron chi connectivity index (χ1n) is 9.45. The van der Waals surface area contributed by atoms with E-state index in [1.54, 1.807) is 6.92 Å². The molecule has 2 rings (SSSR count). The fourth-order valence-corrected chi connectivity index (χ4v) is 4.73. The lowest BCUT2D eigenvalue weighted by Crippen LogP contribution is -2.48. The Morgan fingerprint density at radius 3 is 1.96 bits per heavy atom. The molecule has 4 heteroatoms. The van der Waals surface area contributed by atoms with Crippen LogP contribution in [0.25, 0.3) is 0 Å². The molecule has 0 amide bonds. The molecular weight excluding hydrogens is 316 g/mol. The topological polar surface area (TPSA) is 74.6 Å². The van der Waals surface area contributed by atoms with Crippen LogP contribution in [-0.4, -0.2) is 22.2 Å². The van der Waals surface area contributed by atoms with Crippen LogP contribution in [0.15, 0.2) is 30.3 Å². The van der Waals surface area contributed by atoms with E-state index in [0.29, 0.717) is 5.92 Å². The second kappa shape index (κ2) is 8.03. The molecule has 4 nitrogen and oxygen atoms in total. The zero-order valence-electron chi connectivity index (χ0n) is 15.3. The van der Waals surface area contributed by atoms with E-state index in [1.165, 1.54) is 6.42 Å². The van der Waals surface area contributed by atoms with Gasteiger partial charge in [-0.1, -0.05) is 63.4 Å². The third-order valence-electron chi connectivity index (χ3n) is 6.41. The smallest absolute Gasteiger partial charge is 0.321 e. The highest BCUT2D eigenvalue weighted by molar-refractivity contribution is 5.98. The van der Waals surface area contributed by atoms with Crippen LogP contribution in [0.5, 0.6) is 0 Å². The molecule has 1 fully saturated rings. The molecule has 1 unspecified atom stereocenters. The quantitative estimate of drug-likeness (QED) is 0.659. The molecule has 138 valence electrons. The SMILES string of the molecule is CCC(CC(CC)(c1ccccc1)C1CCCCC1)(C(=O)O)C(=O)O. The standard InChI is InChI=1S/C21H30O4/c1-3-20(16-11-7-5-8-12-16,17-13-9-6-10-14-17)15-21(4-2,18(22)23)19(24)25/h5,7-8,11-12,17H,3-4,6,9-10,13-15H2,1-2H3,(H,22,23)(H,24,25). The molecule has 1 aromatic rings. The monoisotopic (exact) mass is 346 g/mol. The Morgan fingerprint density at radius 2 is 1.52 bits per heavy atom. The third kappa shape index (κ3) is 3.58. The minimum absolute atomic E-state index is 0.0962. The van der Waals surface area contributed by atoms with E-state index < -0.39 is 22.8 Å². The number of carboxylic acids is 2. The van der Waals surface area contributed by atoms with E-state index in [-0.39, 0.29) is 12.8 Å². The lowest BCUT2D eigenvalue weighted by molar-refractivity contribution is -0.167. The van der Waals surface area contributed by atoms with Crippen LogP contribution in [0, 0.1) is 11.3 Å². The third-order valence-corrected chi connectivity index (χ3v) is 6.41. The number of hydrogen-bond donors (Lipinski definition) is 2. The highest BCUT2D eigenvalue weighted by Crippen LogP contribution is 2.51. The fraction of sp³-hybridized carbons (Fsp3) is 0.619. The Bertz CT molecular complexity index is 575. The molecule has 25 heavy (non-hydrogen) atoms. The average Bonchev–Trinajstić information content (AvgIpc) is 2.64. The molecule has 2 N–H and O–H groups in total. The van der Waals surface area contributed by atoms with E-state index in [1.807, 2.05) is 30.3 Å². The van der Waals surface area contributed by atoms with Crippen LogP contribution in [0.3, 0.4) is 0 Å². The molecule has 0 spiro atoms. The molecule has 1 aromatic carbocycles. The summed E-state index contributed by atoms with van der Waals surface area (Å²) in [4.78, 5) is 24.0. The lowest BCUT2D eigenvalue weighted by Gasteiger charge is -2.46. The largest absolute Gasteiger partial charge is 0.480 e. The molecule has 1 aliphatic rings. The van der Waals surface area contributed by atoms with Crippen LogP contribution in [0.4, 0.5) is 0 Å². The fourth-order valence-electron chi connectivity index (χ4n) is 4.73. The van der Waals surface area contributed by atoms with Gasteiger partial charge in [0.25, 0.3) is 0 Å². The van der Waals surface area contributed by atoms with E-state index in [4.69, 9.17) is 0 Å². The zero-order chi connectivity index (χ0) is 18.5. The van der Waals surface area contributed by atoms with Gasteiger partial charge < -0.3 is 10.2 Å². The molecule has 0 aromatic heterocycles. The number of rotatable bonds is 8. The average molecular weight is 346 g/mol. The second-order valence-electron chi connectivity index (χ2n) is 7.43. The Labute approximate surface area is 150 Å². The minimum atomic E-state index is -1.73. The molecule has 0 radical (unpaired) electrons. The van der Waals surface area contributed by atoms with Crippen molar-refractivity contribution in [1.29, 1.82) is 0 Å². The van der Waals surface area contributed by atoms with Crippen molar-refractivity contribution in [3.8, 4) is 0 Å². The summed E-state index contributed by atoms with van der Waals surface area (Å²) in [7, 11) is 0. The van der Waals surface area contributed by atoms with Crippen molar-refractivity contribution in [3.63, 3.8) is 0 Å². The van der Waals surface area contributed by atoms with Crippen molar-refractivity contribution in [2.24, 2.45) is 11.3 Å². The van der Waals surface area contributed by atoms with Gasteiger partial charge in [0.15, 0.2) is 5.41 Å². The summed E-state index contributed by atoms with van der Waals surface area (Å²) in [6, 6.07) is 9.98. The van der Waals surface area contributed by atoms with Crippen molar-refractivity contribution in [3.05, 3.63) is 35.9 Å². The Kier molecular flexibility index (Phi) is 6.26. The van der Waals surface area contributed by atoms with Crippen LogP contribution in [-0.2, 0) is 15.0 Å². The number of carbonyl (C=O) groups is 2. The predicted molar refractivity (Wildman–Crippen MR) is 97.6 cm³/mol. The van der Waals surface area contributed by atoms with Gasteiger partial charge in [-0.05, 0) is 49.0 Å². The lowest BCUT2D eigenvalue weighted by atomic mass is 9.57. The van der Waals surface area contributed by atoms with E-state index in [2.05, 4.69) is 6.92 Å². The van der Waals surface area contributed by atoms with Crippen LogP contribution in [0.1, 0.15) is 70.8 Å². The molecule has 0 bridgehead atoms. The zero-order valence-corrected chi connectivity index (χ0v) is 15.3. The van der Waals surface area contributed by atoms with Crippen molar-refractivity contribution in [1.82, 2.24) is 0 Å². The van der Waals surface area contributed by atoms with Crippen LogP contribution < -0.4 is 0 Å². The minimum Gasteiger partial charge on any atom is -0.480 e. The number of hydrogen-bond acceptors (Lipinski definition) is 2. The summed E-state index contributed by atoms with van der Waals surface area (Å²) >= 11 is 0. The Morgan fingerprint density at radius 1 is 0.960 bits per heavy atom. The van der Waals surface area contributed by atoms with Crippen molar-refractivity contribution >= 4 is 11.9 Å². The first kappa shape index (κ1) is 19.5. The predicted octanol–water partition coefficient (Wildman–Crippen LogP) is 4.87. The van der Waals surface area contributed by atoms with Gasteiger partial charge in [0.2, 0.25) is 0 Å². The first-order chi connectivity index (χ1) is 11.9. The van der Waals surface area contributed by atoms with Crippen molar-refractivity contribution in [2.45, 2.75) is 70.6 Å². The van der Waals surface area contributed by atoms with E-state index in [0.717, 1.165) is 37.7 Å². The molecule has 1 saturated carbocycles. The maximum atomic E-state index is 12.0. The second-order valence-corrected chi connectivity index (χ2v) is 7.43. The van der Waals surface area contributed by atoms with E-state index in [9.17, 15) is 19.8 Å². The summed E-state index contributed by atoms with van der Waals surface area (Å²) < 4.78 is 0. The molecule has 0 aliphatic heterocycles. The van der Waals surface area contributed by atoms with Crippen LogP contribution >= 0.6 is 0 Å². The van der Waals surface area contributed by atoms with Gasteiger partial charge in [-0.2, -0.15) is 0 Å². The van der Waals surface area contributed by atoms with Crippen molar-refractivity contribution in [2.75, 3.05) is 0 Å². The highest BCUT2D eigenvalue weighted by atomic mass is 16.4.